The molecule has 3 rings (SSSR count). The van der Waals surface area contributed by atoms with Gasteiger partial charge in [-0.3, -0.25) is 4.98 Å². The molecular weight excluding hydrogens is 248 g/mol. The fraction of sp³-hybridized carbons (Fsp3) is 0.235. The number of fused-ring (bicyclic) bond motifs is 1. The largest absolute Gasteiger partial charge is 0.469 e. The Morgan fingerprint density at radius 3 is 2.85 bits per heavy atom. The van der Waals surface area contributed by atoms with Crippen LogP contribution in [0.4, 0.5) is 5.69 Å². The maximum Gasteiger partial charge on any atom is 0.105 e. The maximum absolute atomic E-state index is 5.39. The van der Waals surface area contributed by atoms with Crippen LogP contribution in [0, 0.1) is 6.92 Å². The van der Waals surface area contributed by atoms with Crippen LogP contribution in [0.1, 0.15) is 18.4 Å². The standard InChI is InChI=1S/C17H18N2O/c1-12-8-9-14-5-3-7-16(17(14)19-12)18-13(2)11-15-6-4-10-20-15/h3-10,13,18H,11H2,1-2H3. The van der Waals surface area contributed by atoms with Crippen molar-refractivity contribution in [3.8, 4) is 0 Å². The summed E-state index contributed by atoms with van der Waals surface area (Å²) in [7, 11) is 0. The highest BCUT2D eigenvalue weighted by molar-refractivity contribution is 5.90. The Bertz CT molecular complexity index is 704. The number of hydrogen-bond donors (Lipinski definition) is 1. The number of furan rings is 1. The highest BCUT2D eigenvalue weighted by Gasteiger charge is 2.08. The lowest BCUT2D eigenvalue weighted by Crippen LogP contribution is -2.18. The van der Waals surface area contributed by atoms with Crippen molar-refractivity contribution in [2.24, 2.45) is 0 Å². The molecule has 0 aliphatic rings. The normalized spacial score (nSPS) is 12.5. The number of aromatic nitrogens is 1. The zero-order valence-corrected chi connectivity index (χ0v) is 11.8. The number of hydrogen-bond acceptors (Lipinski definition) is 3. The van der Waals surface area contributed by atoms with Gasteiger partial charge in [0.2, 0.25) is 0 Å². The molecule has 2 aromatic heterocycles. The fourth-order valence-corrected chi connectivity index (χ4v) is 2.41. The van der Waals surface area contributed by atoms with Gasteiger partial charge in [0.15, 0.2) is 0 Å². The second-order valence-electron chi connectivity index (χ2n) is 5.16. The Balaban J connectivity index is 1.85. The van der Waals surface area contributed by atoms with Gasteiger partial charge in [-0.1, -0.05) is 18.2 Å². The topological polar surface area (TPSA) is 38.1 Å². The predicted molar refractivity (Wildman–Crippen MR) is 82.0 cm³/mol. The van der Waals surface area contributed by atoms with Gasteiger partial charge in [0.05, 0.1) is 17.5 Å². The van der Waals surface area contributed by atoms with Crippen molar-refractivity contribution in [1.29, 1.82) is 0 Å². The van der Waals surface area contributed by atoms with E-state index in [1.807, 2.05) is 25.1 Å². The summed E-state index contributed by atoms with van der Waals surface area (Å²) in [5.74, 6) is 0.995. The zero-order chi connectivity index (χ0) is 13.9. The van der Waals surface area contributed by atoms with Gasteiger partial charge in [-0.25, -0.2) is 0 Å². The second kappa shape index (κ2) is 5.37. The van der Waals surface area contributed by atoms with Gasteiger partial charge in [-0.2, -0.15) is 0 Å². The number of para-hydroxylation sites is 1. The SMILES string of the molecule is Cc1ccc2cccc(NC(C)Cc3ccco3)c2n1. The average Bonchev–Trinajstić information content (AvgIpc) is 2.92. The summed E-state index contributed by atoms with van der Waals surface area (Å²) in [5.41, 5.74) is 3.13. The second-order valence-corrected chi connectivity index (χ2v) is 5.16. The molecule has 0 bridgehead atoms. The van der Waals surface area contributed by atoms with E-state index < -0.39 is 0 Å². The van der Waals surface area contributed by atoms with E-state index in [1.54, 1.807) is 6.26 Å². The first-order valence-electron chi connectivity index (χ1n) is 6.87. The van der Waals surface area contributed by atoms with Crippen molar-refractivity contribution in [2.75, 3.05) is 5.32 Å². The van der Waals surface area contributed by atoms with Crippen LogP contribution in [-0.4, -0.2) is 11.0 Å². The molecule has 0 amide bonds. The number of pyridine rings is 1. The number of nitrogens with one attached hydrogen (secondary N) is 1. The quantitative estimate of drug-likeness (QED) is 0.769. The molecule has 3 heteroatoms. The Morgan fingerprint density at radius 2 is 2.05 bits per heavy atom. The van der Waals surface area contributed by atoms with Gasteiger partial charge in [-0.05, 0) is 38.1 Å². The third kappa shape index (κ3) is 2.67. The van der Waals surface area contributed by atoms with Crippen LogP contribution in [0.25, 0.3) is 10.9 Å². The van der Waals surface area contributed by atoms with E-state index in [4.69, 9.17) is 4.42 Å². The molecule has 0 fully saturated rings. The molecule has 0 aliphatic carbocycles. The van der Waals surface area contributed by atoms with Crippen LogP contribution < -0.4 is 5.32 Å². The van der Waals surface area contributed by atoms with E-state index in [0.29, 0.717) is 0 Å². The van der Waals surface area contributed by atoms with Crippen molar-refractivity contribution in [1.82, 2.24) is 4.98 Å². The predicted octanol–water partition coefficient (Wildman–Crippen LogP) is 4.18. The molecule has 2 heterocycles. The van der Waals surface area contributed by atoms with Crippen LogP contribution >= 0.6 is 0 Å². The fourth-order valence-electron chi connectivity index (χ4n) is 2.41. The van der Waals surface area contributed by atoms with E-state index in [0.717, 1.165) is 34.5 Å². The summed E-state index contributed by atoms with van der Waals surface area (Å²) in [6.45, 7) is 4.17. The van der Waals surface area contributed by atoms with E-state index >= 15 is 0 Å². The summed E-state index contributed by atoms with van der Waals surface area (Å²) in [6.07, 6.45) is 2.57. The minimum atomic E-state index is 0.286. The summed E-state index contributed by atoms with van der Waals surface area (Å²) in [6, 6.07) is 14.6. The molecule has 3 aromatic rings. The monoisotopic (exact) mass is 266 g/mol. The molecule has 1 unspecified atom stereocenters. The molecule has 3 nitrogen and oxygen atoms in total. The Kier molecular flexibility index (Phi) is 3.42. The molecule has 0 aliphatic heterocycles. The lowest BCUT2D eigenvalue weighted by atomic mass is 10.1. The molecule has 0 saturated carbocycles. The third-order valence-corrected chi connectivity index (χ3v) is 3.35. The molecule has 1 aromatic carbocycles. The number of nitrogens with zero attached hydrogens (tertiary/aromatic N) is 1. The molecule has 1 atom stereocenters. The summed E-state index contributed by atoms with van der Waals surface area (Å²) in [4.78, 5) is 4.64. The maximum atomic E-state index is 5.39. The Morgan fingerprint density at radius 1 is 1.15 bits per heavy atom. The first kappa shape index (κ1) is 12.7. The van der Waals surface area contributed by atoms with Crippen molar-refractivity contribution in [3.63, 3.8) is 0 Å². The van der Waals surface area contributed by atoms with E-state index in [2.05, 4.69) is 41.5 Å². The van der Waals surface area contributed by atoms with Gasteiger partial charge < -0.3 is 9.73 Å². The van der Waals surface area contributed by atoms with Gasteiger partial charge in [0.25, 0.3) is 0 Å². The molecule has 20 heavy (non-hydrogen) atoms. The number of rotatable bonds is 4. The number of aryl methyl sites for hydroxylation is 1. The van der Waals surface area contributed by atoms with Crippen molar-refractivity contribution in [2.45, 2.75) is 26.3 Å². The number of benzene rings is 1. The molecule has 0 saturated heterocycles. The minimum absolute atomic E-state index is 0.286. The molecule has 1 N–H and O–H groups in total. The smallest absolute Gasteiger partial charge is 0.105 e. The van der Waals surface area contributed by atoms with E-state index in [-0.39, 0.29) is 6.04 Å². The average molecular weight is 266 g/mol. The van der Waals surface area contributed by atoms with E-state index in [9.17, 15) is 0 Å². The highest BCUT2D eigenvalue weighted by atomic mass is 16.3. The first-order chi connectivity index (χ1) is 9.72. The lowest BCUT2D eigenvalue weighted by Gasteiger charge is -2.15. The van der Waals surface area contributed by atoms with Crippen LogP contribution in [-0.2, 0) is 6.42 Å². The van der Waals surface area contributed by atoms with Gasteiger partial charge in [0, 0.05) is 23.5 Å². The van der Waals surface area contributed by atoms with Gasteiger partial charge in [-0.15, -0.1) is 0 Å². The van der Waals surface area contributed by atoms with Gasteiger partial charge in [0.1, 0.15) is 5.76 Å². The first-order valence-corrected chi connectivity index (χ1v) is 6.87. The highest BCUT2D eigenvalue weighted by Crippen LogP contribution is 2.23. The summed E-state index contributed by atoms with van der Waals surface area (Å²) in [5, 5.41) is 4.69. The molecule has 0 spiro atoms. The van der Waals surface area contributed by atoms with Crippen molar-refractivity contribution >= 4 is 16.6 Å². The summed E-state index contributed by atoms with van der Waals surface area (Å²) < 4.78 is 5.39. The lowest BCUT2D eigenvalue weighted by molar-refractivity contribution is 0.498. The third-order valence-electron chi connectivity index (χ3n) is 3.35. The summed E-state index contributed by atoms with van der Waals surface area (Å²) >= 11 is 0. The van der Waals surface area contributed by atoms with Crippen molar-refractivity contribution < 1.29 is 4.42 Å². The Labute approximate surface area is 118 Å². The Hall–Kier alpha value is -2.29. The molecule has 102 valence electrons. The van der Waals surface area contributed by atoms with E-state index in [1.165, 1.54) is 0 Å². The molecule has 0 radical (unpaired) electrons. The van der Waals surface area contributed by atoms with Gasteiger partial charge >= 0.3 is 0 Å². The van der Waals surface area contributed by atoms with Crippen molar-refractivity contribution in [3.05, 3.63) is 60.2 Å². The number of anilines is 1. The minimum Gasteiger partial charge on any atom is -0.469 e. The van der Waals surface area contributed by atoms with Crippen LogP contribution in [0.5, 0.6) is 0 Å². The van der Waals surface area contributed by atoms with Crippen LogP contribution in [0.3, 0.4) is 0 Å². The zero-order valence-electron chi connectivity index (χ0n) is 11.8. The van der Waals surface area contributed by atoms with Crippen LogP contribution in [0.15, 0.2) is 53.1 Å². The molecular formula is C17H18N2O. The van der Waals surface area contributed by atoms with Crippen LogP contribution in [0.2, 0.25) is 0 Å².